The van der Waals surface area contributed by atoms with Gasteiger partial charge < -0.3 is 5.73 Å². The van der Waals surface area contributed by atoms with E-state index in [0.717, 1.165) is 0 Å². The number of anilines is 1. The van der Waals surface area contributed by atoms with Crippen molar-refractivity contribution in [2.24, 2.45) is 0 Å². The normalized spacial score (nSPS) is 9.89. The molecule has 0 aliphatic heterocycles. The average Bonchev–Trinajstić information content (AvgIpc) is 2.41. The first-order chi connectivity index (χ1) is 9.04. The molecule has 2 N–H and O–H groups in total. The third kappa shape index (κ3) is 2.44. The standard InChI is InChI=1S/C14H9BrN2O2/c1-2-9-5-3-4-6-10(9)11-7-12(15)13(16)8-14(11)17(18)19/h1,3-8H,16H2. The predicted octanol–water partition coefficient (Wildman–Crippen LogP) is 3.59. The Balaban J connectivity index is 2.78. The molecule has 0 radical (unpaired) electrons. The summed E-state index contributed by atoms with van der Waals surface area (Å²) in [6, 6.07) is 10.0. The van der Waals surface area contributed by atoms with Crippen molar-refractivity contribution in [3.05, 3.63) is 56.5 Å². The molecule has 2 aromatic carbocycles. The van der Waals surface area contributed by atoms with Gasteiger partial charge in [0.2, 0.25) is 0 Å². The van der Waals surface area contributed by atoms with Gasteiger partial charge in [0, 0.05) is 21.7 Å². The van der Waals surface area contributed by atoms with Crippen LogP contribution < -0.4 is 5.73 Å². The highest BCUT2D eigenvalue weighted by atomic mass is 79.9. The highest BCUT2D eigenvalue weighted by Gasteiger charge is 2.19. The van der Waals surface area contributed by atoms with Crippen LogP contribution in [-0.4, -0.2) is 4.92 Å². The third-order valence-corrected chi connectivity index (χ3v) is 3.37. The van der Waals surface area contributed by atoms with Crippen LogP contribution in [0.5, 0.6) is 0 Å². The van der Waals surface area contributed by atoms with Gasteiger partial charge in [-0.15, -0.1) is 6.42 Å². The van der Waals surface area contributed by atoms with Gasteiger partial charge in [0.05, 0.1) is 16.2 Å². The van der Waals surface area contributed by atoms with Crippen LogP contribution in [0.3, 0.4) is 0 Å². The maximum absolute atomic E-state index is 11.1. The Morgan fingerprint density at radius 2 is 1.95 bits per heavy atom. The van der Waals surface area contributed by atoms with E-state index in [1.165, 1.54) is 6.07 Å². The van der Waals surface area contributed by atoms with E-state index in [1.807, 2.05) is 0 Å². The first kappa shape index (κ1) is 13.1. The summed E-state index contributed by atoms with van der Waals surface area (Å²) in [5, 5.41) is 11.1. The van der Waals surface area contributed by atoms with Crippen LogP contribution in [0.4, 0.5) is 11.4 Å². The molecule has 0 atom stereocenters. The molecule has 0 fully saturated rings. The van der Waals surface area contributed by atoms with Gasteiger partial charge in [-0.05, 0) is 28.1 Å². The Bertz CT molecular complexity index is 705. The summed E-state index contributed by atoms with van der Waals surface area (Å²) < 4.78 is 0.597. The molecule has 0 unspecified atom stereocenters. The van der Waals surface area contributed by atoms with Gasteiger partial charge in [-0.2, -0.15) is 0 Å². The second-order valence-corrected chi connectivity index (χ2v) is 4.69. The molecule has 19 heavy (non-hydrogen) atoms. The summed E-state index contributed by atoms with van der Waals surface area (Å²) in [7, 11) is 0. The van der Waals surface area contributed by atoms with Crippen LogP contribution in [0.1, 0.15) is 5.56 Å². The van der Waals surface area contributed by atoms with Crippen molar-refractivity contribution in [3.63, 3.8) is 0 Å². The van der Waals surface area contributed by atoms with Gasteiger partial charge in [-0.3, -0.25) is 10.1 Å². The number of rotatable bonds is 2. The predicted molar refractivity (Wildman–Crippen MR) is 78.6 cm³/mol. The highest BCUT2D eigenvalue weighted by Crippen LogP contribution is 2.37. The van der Waals surface area contributed by atoms with Crippen molar-refractivity contribution in [2.45, 2.75) is 0 Å². The van der Waals surface area contributed by atoms with Crippen LogP contribution in [0.25, 0.3) is 11.1 Å². The minimum Gasteiger partial charge on any atom is -0.398 e. The van der Waals surface area contributed by atoms with Crippen molar-refractivity contribution in [1.29, 1.82) is 0 Å². The first-order valence-corrected chi connectivity index (χ1v) is 6.13. The number of nitrogens with two attached hydrogens (primary N) is 1. The van der Waals surface area contributed by atoms with Gasteiger partial charge in [-0.25, -0.2) is 0 Å². The fourth-order valence-electron chi connectivity index (χ4n) is 1.79. The number of nitro groups is 1. The molecule has 2 rings (SSSR count). The number of benzene rings is 2. The monoisotopic (exact) mass is 316 g/mol. The molecule has 0 saturated heterocycles. The van der Waals surface area contributed by atoms with E-state index in [4.69, 9.17) is 12.2 Å². The Morgan fingerprint density at radius 3 is 2.58 bits per heavy atom. The second-order valence-electron chi connectivity index (χ2n) is 3.84. The SMILES string of the molecule is C#Cc1ccccc1-c1cc(Br)c(N)cc1[N+](=O)[O-]. The lowest BCUT2D eigenvalue weighted by Gasteiger charge is -2.08. The van der Waals surface area contributed by atoms with E-state index < -0.39 is 4.92 Å². The van der Waals surface area contributed by atoms with Crippen molar-refractivity contribution in [2.75, 3.05) is 5.73 Å². The molecule has 2 aromatic rings. The van der Waals surface area contributed by atoms with Crippen LogP contribution >= 0.6 is 15.9 Å². The molecule has 0 aromatic heterocycles. The summed E-state index contributed by atoms with van der Waals surface area (Å²) >= 11 is 3.27. The van der Waals surface area contributed by atoms with E-state index in [2.05, 4.69) is 21.9 Å². The van der Waals surface area contributed by atoms with E-state index in [0.29, 0.717) is 26.9 Å². The molecule has 0 spiro atoms. The lowest BCUT2D eigenvalue weighted by Crippen LogP contribution is -1.97. The van der Waals surface area contributed by atoms with E-state index in [-0.39, 0.29) is 5.69 Å². The maximum Gasteiger partial charge on any atom is 0.279 e. The number of halogens is 1. The zero-order valence-corrected chi connectivity index (χ0v) is 11.3. The molecule has 0 heterocycles. The van der Waals surface area contributed by atoms with E-state index in [9.17, 15) is 10.1 Å². The molecule has 0 amide bonds. The van der Waals surface area contributed by atoms with Crippen LogP contribution in [0, 0.1) is 22.5 Å². The van der Waals surface area contributed by atoms with Crippen molar-refractivity contribution >= 4 is 27.3 Å². The topological polar surface area (TPSA) is 69.2 Å². The van der Waals surface area contributed by atoms with Gasteiger partial charge in [-0.1, -0.05) is 24.1 Å². The molecule has 5 heteroatoms. The van der Waals surface area contributed by atoms with Crippen molar-refractivity contribution in [1.82, 2.24) is 0 Å². The number of nitro benzene ring substituents is 1. The lowest BCUT2D eigenvalue weighted by molar-refractivity contribution is -0.384. The largest absolute Gasteiger partial charge is 0.398 e. The molecule has 0 bridgehead atoms. The van der Waals surface area contributed by atoms with Crippen molar-refractivity contribution in [3.8, 4) is 23.5 Å². The number of hydrogen-bond acceptors (Lipinski definition) is 3. The second kappa shape index (κ2) is 5.12. The lowest BCUT2D eigenvalue weighted by atomic mass is 9.98. The highest BCUT2D eigenvalue weighted by molar-refractivity contribution is 9.10. The average molecular weight is 317 g/mol. The molecule has 0 aliphatic rings. The van der Waals surface area contributed by atoms with Crippen LogP contribution in [0.15, 0.2) is 40.9 Å². The number of hydrogen-bond donors (Lipinski definition) is 1. The Hall–Kier alpha value is -2.32. The first-order valence-electron chi connectivity index (χ1n) is 5.34. The van der Waals surface area contributed by atoms with E-state index in [1.54, 1.807) is 30.3 Å². The third-order valence-electron chi connectivity index (χ3n) is 2.68. The van der Waals surface area contributed by atoms with Crippen LogP contribution in [-0.2, 0) is 0 Å². The summed E-state index contributed by atoms with van der Waals surface area (Å²) in [5.41, 5.74) is 7.61. The van der Waals surface area contributed by atoms with Gasteiger partial charge in [0.15, 0.2) is 0 Å². The van der Waals surface area contributed by atoms with E-state index >= 15 is 0 Å². The Kier molecular flexibility index (Phi) is 3.54. The fraction of sp³-hybridized carbons (Fsp3) is 0. The molecule has 0 saturated carbocycles. The van der Waals surface area contributed by atoms with Crippen LogP contribution in [0.2, 0.25) is 0 Å². The zero-order valence-electron chi connectivity index (χ0n) is 9.76. The Labute approximate surface area is 118 Å². The minimum atomic E-state index is -0.467. The van der Waals surface area contributed by atoms with Gasteiger partial charge in [0.25, 0.3) is 5.69 Å². The minimum absolute atomic E-state index is 0.0663. The summed E-state index contributed by atoms with van der Waals surface area (Å²) in [6.07, 6.45) is 5.43. The number of nitrogens with zero attached hydrogens (tertiary/aromatic N) is 1. The molecule has 0 aliphatic carbocycles. The summed E-state index contributed by atoms with van der Waals surface area (Å²) in [4.78, 5) is 10.7. The zero-order chi connectivity index (χ0) is 14.0. The quantitative estimate of drug-likeness (QED) is 0.398. The molecular formula is C14H9BrN2O2. The van der Waals surface area contributed by atoms with Gasteiger partial charge >= 0.3 is 0 Å². The Morgan fingerprint density at radius 1 is 1.26 bits per heavy atom. The van der Waals surface area contributed by atoms with Crippen molar-refractivity contribution < 1.29 is 4.92 Å². The smallest absolute Gasteiger partial charge is 0.279 e. The molecule has 94 valence electrons. The number of nitrogen functional groups attached to an aromatic ring is 1. The maximum atomic E-state index is 11.1. The molecular weight excluding hydrogens is 308 g/mol. The number of terminal acetylenes is 1. The fourth-order valence-corrected chi connectivity index (χ4v) is 2.13. The summed E-state index contributed by atoms with van der Waals surface area (Å²) in [6.45, 7) is 0. The molecule has 4 nitrogen and oxygen atoms in total. The van der Waals surface area contributed by atoms with Gasteiger partial charge in [0.1, 0.15) is 0 Å². The summed E-state index contributed by atoms with van der Waals surface area (Å²) in [5.74, 6) is 2.53.